The molecule has 3 aromatic rings. The Kier molecular flexibility index (Phi) is 4.49. The van der Waals surface area contributed by atoms with Gasteiger partial charge in [0.25, 0.3) is 5.69 Å². The van der Waals surface area contributed by atoms with E-state index in [0.717, 1.165) is 16.6 Å². The summed E-state index contributed by atoms with van der Waals surface area (Å²) in [5.74, 6) is 0. The minimum Gasteiger partial charge on any atom is -0.307 e. The number of non-ortho nitro benzene ring substituents is 1. The second kappa shape index (κ2) is 6.74. The lowest BCUT2D eigenvalue weighted by molar-refractivity contribution is -0.384. The monoisotopic (exact) mass is 356 g/mol. The Hall–Kier alpha value is -3.19. The Bertz CT molecular complexity index is 991. The van der Waals surface area contributed by atoms with Gasteiger partial charge in [-0.3, -0.25) is 15.1 Å². The third-order valence-electron chi connectivity index (χ3n) is 3.50. The van der Waals surface area contributed by atoms with Gasteiger partial charge in [-0.15, -0.1) is 0 Å². The largest absolute Gasteiger partial charge is 0.323 e. The van der Waals surface area contributed by atoms with Crippen molar-refractivity contribution in [3.63, 3.8) is 0 Å². The van der Waals surface area contributed by atoms with E-state index in [1.165, 1.54) is 18.2 Å². The number of halogens is 1. The summed E-state index contributed by atoms with van der Waals surface area (Å²) in [4.78, 5) is 26.9. The van der Waals surface area contributed by atoms with Crippen LogP contribution >= 0.6 is 11.6 Å². The van der Waals surface area contributed by atoms with Crippen LogP contribution in [0, 0.1) is 17.0 Å². The molecule has 0 aliphatic rings. The number of nitro benzene ring substituents is 1. The zero-order valence-corrected chi connectivity index (χ0v) is 13.9. The molecule has 2 aromatic carbocycles. The first-order chi connectivity index (χ1) is 11.9. The topological polar surface area (TPSA) is 97.2 Å². The zero-order chi connectivity index (χ0) is 18.0. The highest BCUT2D eigenvalue weighted by Crippen LogP contribution is 2.27. The maximum atomic E-state index is 12.3. The number of rotatable bonds is 3. The van der Waals surface area contributed by atoms with Crippen molar-refractivity contribution in [3.8, 4) is 0 Å². The number of carbonyl (C=O) groups is 1. The summed E-state index contributed by atoms with van der Waals surface area (Å²) in [6.45, 7) is 1.84. The SMILES string of the molecule is Cc1cc(NC(=O)Nc2ccc([N+](=O)[O-])cc2Cl)c2ccccc2n1. The fraction of sp³-hybridized carbons (Fsp3) is 0.0588. The molecule has 3 rings (SSSR count). The molecule has 2 amide bonds. The molecule has 0 radical (unpaired) electrons. The Labute approximate surface area is 147 Å². The first kappa shape index (κ1) is 16.7. The number of nitrogens with zero attached hydrogens (tertiary/aromatic N) is 2. The summed E-state index contributed by atoms with van der Waals surface area (Å²) in [7, 11) is 0. The fourth-order valence-electron chi connectivity index (χ4n) is 2.41. The molecule has 25 heavy (non-hydrogen) atoms. The predicted octanol–water partition coefficient (Wildman–Crippen LogP) is 4.75. The van der Waals surface area contributed by atoms with Gasteiger partial charge in [0, 0.05) is 23.2 Å². The van der Waals surface area contributed by atoms with E-state index in [1.807, 2.05) is 31.2 Å². The second-order valence-electron chi connectivity index (χ2n) is 5.33. The summed E-state index contributed by atoms with van der Waals surface area (Å²) in [5.41, 5.74) is 2.28. The molecular formula is C17H13ClN4O3. The standard InChI is InChI=1S/C17H13ClN4O3/c1-10-8-16(12-4-2-3-5-14(12)19-10)21-17(23)20-15-7-6-11(22(24)25)9-13(15)18/h2-9H,1H3,(H2,19,20,21,23). The number of aryl methyl sites for hydroxylation is 1. The lowest BCUT2D eigenvalue weighted by Crippen LogP contribution is -2.20. The lowest BCUT2D eigenvalue weighted by atomic mass is 10.1. The van der Waals surface area contributed by atoms with Gasteiger partial charge >= 0.3 is 6.03 Å². The predicted molar refractivity (Wildman–Crippen MR) is 97.2 cm³/mol. The number of aromatic nitrogens is 1. The van der Waals surface area contributed by atoms with E-state index in [9.17, 15) is 14.9 Å². The van der Waals surface area contributed by atoms with E-state index in [1.54, 1.807) is 6.07 Å². The normalized spacial score (nSPS) is 10.5. The number of para-hydroxylation sites is 1. The number of hydrogen-bond donors (Lipinski definition) is 2. The van der Waals surface area contributed by atoms with Crippen LogP contribution in [0.25, 0.3) is 10.9 Å². The van der Waals surface area contributed by atoms with E-state index in [0.29, 0.717) is 5.69 Å². The van der Waals surface area contributed by atoms with E-state index in [2.05, 4.69) is 15.6 Å². The third kappa shape index (κ3) is 3.67. The summed E-state index contributed by atoms with van der Waals surface area (Å²) in [6, 6.07) is 12.5. The number of nitro groups is 1. The third-order valence-corrected chi connectivity index (χ3v) is 3.82. The Morgan fingerprint density at radius 2 is 1.84 bits per heavy atom. The lowest BCUT2D eigenvalue weighted by Gasteiger charge is -2.11. The number of benzene rings is 2. The minimum atomic E-state index is -0.554. The second-order valence-corrected chi connectivity index (χ2v) is 5.74. The number of anilines is 2. The minimum absolute atomic E-state index is 0.0834. The van der Waals surface area contributed by atoms with Crippen LogP contribution in [0.5, 0.6) is 0 Å². The van der Waals surface area contributed by atoms with Gasteiger partial charge in [0.1, 0.15) is 0 Å². The first-order valence-electron chi connectivity index (χ1n) is 7.32. The van der Waals surface area contributed by atoms with Crippen molar-refractivity contribution in [2.45, 2.75) is 6.92 Å². The highest BCUT2D eigenvalue weighted by Gasteiger charge is 2.12. The van der Waals surface area contributed by atoms with Gasteiger partial charge in [0.2, 0.25) is 0 Å². The molecule has 7 nitrogen and oxygen atoms in total. The van der Waals surface area contributed by atoms with Crippen molar-refractivity contribution in [1.82, 2.24) is 4.98 Å². The highest BCUT2D eigenvalue weighted by atomic mass is 35.5. The molecule has 0 spiro atoms. The molecule has 0 atom stereocenters. The molecule has 1 aromatic heterocycles. The number of urea groups is 1. The van der Waals surface area contributed by atoms with Gasteiger partial charge in [0.05, 0.1) is 26.8 Å². The fourth-order valence-corrected chi connectivity index (χ4v) is 2.63. The molecule has 0 fully saturated rings. The molecule has 0 bridgehead atoms. The van der Waals surface area contributed by atoms with E-state index in [-0.39, 0.29) is 16.4 Å². The van der Waals surface area contributed by atoms with Gasteiger partial charge in [-0.25, -0.2) is 4.79 Å². The van der Waals surface area contributed by atoms with Crippen LogP contribution in [0.3, 0.4) is 0 Å². The van der Waals surface area contributed by atoms with Gasteiger partial charge in [0.15, 0.2) is 0 Å². The Balaban J connectivity index is 1.83. The molecule has 0 saturated heterocycles. The van der Waals surface area contributed by atoms with E-state index < -0.39 is 11.0 Å². The molecule has 8 heteroatoms. The quantitative estimate of drug-likeness (QED) is 0.522. The zero-order valence-electron chi connectivity index (χ0n) is 13.1. The molecule has 1 heterocycles. The number of fused-ring (bicyclic) bond motifs is 1. The number of nitrogens with one attached hydrogen (secondary N) is 2. The molecule has 0 saturated carbocycles. The van der Waals surface area contributed by atoms with Crippen LogP contribution in [0.2, 0.25) is 5.02 Å². The van der Waals surface area contributed by atoms with Crippen molar-refractivity contribution >= 4 is 45.6 Å². The van der Waals surface area contributed by atoms with Gasteiger partial charge in [-0.05, 0) is 25.1 Å². The molecule has 0 aliphatic heterocycles. The maximum Gasteiger partial charge on any atom is 0.323 e. The molecule has 0 aliphatic carbocycles. The van der Waals surface area contributed by atoms with Gasteiger partial charge in [-0.1, -0.05) is 29.8 Å². The highest BCUT2D eigenvalue weighted by molar-refractivity contribution is 6.34. The smallest absolute Gasteiger partial charge is 0.307 e. The molecule has 0 unspecified atom stereocenters. The average molecular weight is 357 g/mol. The summed E-state index contributed by atoms with van der Waals surface area (Å²) < 4.78 is 0. The first-order valence-corrected chi connectivity index (χ1v) is 7.70. The maximum absolute atomic E-state index is 12.3. The van der Waals surface area contributed by atoms with E-state index in [4.69, 9.17) is 11.6 Å². The van der Waals surface area contributed by atoms with Crippen molar-refractivity contribution < 1.29 is 9.72 Å². The van der Waals surface area contributed by atoms with Crippen molar-refractivity contribution in [1.29, 1.82) is 0 Å². The van der Waals surface area contributed by atoms with Crippen LogP contribution in [-0.2, 0) is 0 Å². The summed E-state index contributed by atoms with van der Waals surface area (Å²) in [5, 5.41) is 17.0. The Morgan fingerprint density at radius 1 is 1.12 bits per heavy atom. The average Bonchev–Trinajstić information content (AvgIpc) is 2.56. The van der Waals surface area contributed by atoms with Crippen LogP contribution in [0.15, 0.2) is 48.5 Å². The molecular weight excluding hydrogens is 344 g/mol. The van der Waals surface area contributed by atoms with Crippen LogP contribution in [-0.4, -0.2) is 15.9 Å². The Morgan fingerprint density at radius 3 is 2.56 bits per heavy atom. The van der Waals surface area contributed by atoms with Crippen LogP contribution < -0.4 is 10.6 Å². The number of carbonyl (C=O) groups excluding carboxylic acids is 1. The summed E-state index contributed by atoms with van der Waals surface area (Å²) >= 11 is 5.98. The van der Waals surface area contributed by atoms with Gasteiger partial charge < -0.3 is 10.6 Å². The number of hydrogen-bond acceptors (Lipinski definition) is 4. The van der Waals surface area contributed by atoms with Crippen molar-refractivity contribution in [2.24, 2.45) is 0 Å². The molecule has 126 valence electrons. The van der Waals surface area contributed by atoms with Crippen LogP contribution in [0.1, 0.15) is 5.69 Å². The summed E-state index contributed by atoms with van der Waals surface area (Å²) in [6.07, 6.45) is 0. The van der Waals surface area contributed by atoms with Crippen LogP contribution in [0.4, 0.5) is 21.9 Å². The van der Waals surface area contributed by atoms with Crippen molar-refractivity contribution in [3.05, 3.63) is 69.4 Å². The van der Waals surface area contributed by atoms with E-state index >= 15 is 0 Å². The van der Waals surface area contributed by atoms with Gasteiger partial charge in [-0.2, -0.15) is 0 Å². The molecule has 2 N–H and O–H groups in total. The number of pyridine rings is 1. The number of amides is 2. The van der Waals surface area contributed by atoms with Crippen molar-refractivity contribution in [2.75, 3.05) is 10.6 Å².